The molecule has 0 bridgehead atoms. The Hall–Kier alpha value is -1.11. The maximum Gasteiger partial charge on any atom is 0.287 e. The minimum atomic E-state index is -0.359. The molecular weight excluding hydrogens is 280 g/mol. The maximum absolute atomic E-state index is 11.9. The van der Waals surface area contributed by atoms with Crippen LogP contribution in [-0.4, -0.2) is 51.6 Å². The van der Waals surface area contributed by atoms with Crippen LogP contribution in [0.5, 0.6) is 0 Å². The summed E-state index contributed by atoms with van der Waals surface area (Å²) in [5, 5.41) is 16.3. The van der Waals surface area contributed by atoms with Crippen LogP contribution in [0.15, 0.2) is 11.0 Å². The van der Waals surface area contributed by atoms with Gasteiger partial charge in [0.2, 0.25) is 0 Å². The molecule has 6 nitrogen and oxygen atoms in total. The molecule has 1 saturated heterocycles. The van der Waals surface area contributed by atoms with E-state index in [1.807, 2.05) is 0 Å². The van der Waals surface area contributed by atoms with E-state index in [0.717, 1.165) is 25.6 Å². The quantitative estimate of drug-likeness (QED) is 0.830. The number of aliphatic hydroxyl groups is 1. The van der Waals surface area contributed by atoms with Crippen LogP contribution in [-0.2, 0) is 6.54 Å². The van der Waals surface area contributed by atoms with E-state index in [0.29, 0.717) is 11.7 Å². The first-order valence-electron chi connectivity index (χ1n) is 7.06. The molecule has 110 valence electrons. The number of hydrogen-bond donors (Lipinski definition) is 2. The lowest BCUT2D eigenvalue weighted by molar-refractivity contribution is 0.266. The Morgan fingerprint density at radius 3 is 2.95 bits per heavy atom. The van der Waals surface area contributed by atoms with Crippen LogP contribution in [0.3, 0.4) is 0 Å². The van der Waals surface area contributed by atoms with Crippen LogP contribution in [0.25, 0.3) is 0 Å². The van der Waals surface area contributed by atoms with Gasteiger partial charge < -0.3 is 10.4 Å². The highest BCUT2D eigenvalue weighted by atomic mass is 35.5. The molecule has 1 aromatic rings. The molecule has 1 aliphatic carbocycles. The first-order chi connectivity index (χ1) is 9.69. The van der Waals surface area contributed by atoms with Crippen LogP contribution in [0.4, 0.5) is 5.69 Å². The SMILES string of the molecule is O=c1c(Cl)c(NC2CCN(C3CC3)C2)cnn1CCO. The standard InChI is InChI=1S/C13H19ClN4O2/c14-12-11(7-15-18(5-6-19)13(12)20)16-9-3-4-17(8-9)10-1-2-10/h7,9-10,16,19H,1-6,8H2. The fraction of sp³-hybridized carbons (Fsp3) is 0.692. The Morgan fingerprint density at radius 2 is 2.25 bits per heavy atom. The van der Waals surface area contributed by atoms with Crippen LogP contribution >= 0.6 is 11.6 Å². The molecule has 1 unspecified atom stereocenters. The minimum absolute atomic E-state index is 0.130. The van der Waals surface area contributed by atoms with Crippen molar-refractivity contribution in [1.29, 1.82) is 0 Å². The third-order valence-corrected chi connectivity index (χ3v) is 4.30. The van der Waals surface area contributed by atoms with Gasteiger partial charge in [-0.05, 0) is 19.3 Å². The summed E-state index contributed by atoms with van der Waals surface area (Å²) in [6.45, 7) is 2.14. The number of aromatic nitrogens is 2. The van der Waals surface area contributed by atoms with Crippen molar-refractivity contribution < 1.29 is 5.11 Å². The highest BCUT2D eigenvalue weighted by molar-refractivity contribution is 6.32. The summed E-state index contributed by atoms with van der Waals surface area (Å²) in [5.41, 5.74) is 0.233. The van der Waals surface area contributed by atoms with Crippen molar-refractivity contribution in [3.63, 3.8) is 0 Å². The topological polar surface area (TPSA) is 70.4 Å². The van der Waals surface area contributed by atoms with Gasteiger partial charge in [-0.25, -0.2) is 4.68 Å². The molecule has 1 aliphatic heterocycles. The Kier molecular flexibility index (Phi) is 3.96. The van der Waals surface area contributed by atoms with Crippen molar-refractivity contribution in [2.45, 2.75) is 37.9 Å². The summed E-state index contributed by atoms with van der Waals surface area (Å²) in [4.78, 5) is 14.4. The van der Waals surface area contributed by atoms with E-state index in [-0.39, 0.29) is 23.7 Å². The number of likely N-dealkylation sites (tertiary alicyclic amines) is 1. The highest BCUT2D eigenvalue weighted by Gasteiger charge is 2.34. The van der Waals surface area contributed by atoms with Crippen molar-refractivity contribution >= 4 is 17.3 Å². The number of rotatable bonds is 5. The zero-order valence-corrected chi connectivity index (χ0v) is 12.0. The minimum Gasteiger partial charge on any atom is -0.394 e. The molecule has 1 aromatic heterocycles. The molecule has 2 heterocycles. The van der Waals surface area contributed by atoms with Gasteiger partial charge in [0.1, 0.15) is 5.02 Å². The number of anilines is 1. The second-order valence-electron chi connectivity index (χ2n) is 5.48. The van der Waals surface area contributed by atoms with Gasteiger partial charge in [0.05, 0.1) is 25.0 Å². The number of nitrogens with one attached hydrogen (secondary N) is 1. The lowest BCUT2D eigenvalue weighted by atomic mass is 10.2. The first-order valence-corrected chi connectivity index (χ1v) is 7.44. The average molecular weight is 299 g/mol. The molecule has 0 aromatic carbocycles. The normalized spacial score (nSPS) is 23.2. The van der Waals surface area contributed by atoms with Crippen LogP contribution in [0, 0.1) is 0 Å². The smallest absolute Gasteiger partial charge is 0.287 e. The molecule has 0 radical (unpaired) electrons. The van der Waals surface area contributed by atoms with Gasteiger partial charge in [0.25, 0.3) is 5.56 Å². The zero-order valence-electron chi connectivity index (χ0n) is 11.3. The maximum atomic E-state index is 11.9. The molecule has 20 heavy (non-hydrogen) atoms. The second kappa shape index (κ2) is 5.71. The molecule has 2 fully saturated rings. The summed E-state index contributed by atoms with van der Waals surface area (Å²) in [6.07, 6.45) is 5.25. The number of nitrogens with zero attached hydrogens (tertiary/aromatic N) is 3. The van der Waals surface area contributed by atoms with Crippen molar-refractivity contribution in [3.8, 4) is 0 Å². The Bertz CT molecular complexity index is 544. The molecule has 1 saturated carbocycles. The summed E-state index contributed by atoms with van der Waals surface area (Å²) in [6, 6.07) is 1.09. The van der Waals surface area contributed by atoms with E-state index >= 15 is 0 Å². The predicted octanol–water partition coefficient (Wildman–Crippen LogP) is 0.538. The van der Waals surface area contributed by atoms with Gasteiger partial charge in [-0.3, -0.25) is 9.69 Å². The lowest BCUT2D eigenvalue weighted by Crippen LogP contribution is -2.30. The molecule has 3 rings (SSSR count). The molecule has 2 aliphatic rings. The monoisotopic (exact) mass is 298 g/mol. The average Bonchev–Trinajstić information content (AvgIpc) is 3.19. The zero-order chi connectivity index (χ0) is 14.1. The molecule has 0 spiro atoms. The van der Waals surface area contributed by atoms with Gasteiger partial charge in [-0.15, -0.1) is 0 Å². The largest absolute Gasteiger partial charge is 0.394 e. The van der Waals surface area contributed by atoms with Crippen LogP contribution in [0.1, 0.15) is 19.3 Å². The summed E-state index contributed by atoms with van der Waals surface area (Å²) in [7, 11) is 0. The molecule has 7 heteroatoms. The van der Waals surface area contributed by atoms with E-state index in [9.17, 15) is 4.79 Å². The van der Waals surface area contributed by atoms with Crippen molar-refractivity contribution in [2.75, 3.05) is 25.0 Å². The summed E-state index contributed by atoms with van der Waals surface area (Å²) in [5.74, 6) is 0. The number of aliphatic hydroxyl groups excluding tert-OH is 1. The van der Waals surface area contributed by atoms with Crippen molar-refractivity contribution in [1.82, 2.24) is 14.7 Å². The third-order valence-electron chi connectivity index (χ3n) is 3.94. The van der Waals surface area contributed by atoms with E-state index < -0.39 is 0 Å². The molecule has 1 atom stereocenters. The van der Waals surface area contributed by atoms with Gasteiger partial charge in [-0.2, -0.15) is 5.10 Å². The van der Waals surface area contributed by atoms with Gasteiger partial charge in [0, 0.05) is 25.2 Å². The van der Waals surface area contributed by atoms with E-state index in [4.69, 9.17) is 16.7 Å². The van der Waals surface area contributed by atoms with Gasteiger partial charge >= 0.3 is 0 Å². The van der Waals surface area contributed by atoms with Crippen molar-refractivity contribution in [2.24, 2.45) is 0 Å². The van der Waals surface area contributed by atoms with Crippen LogP contribution < -0.4 is 10.9 Å². The first kappa shape index (κ1) is 13.9. The number of halogens is 1. The number of hydrogen-bond acceptors (Lipinski definition) is 5. The Morgan fingerprint density at radius 1 is 1.45 bits per heavy atom. The van der Waals surface area contributed by atoms with E-state index in [2.05, 4.69) is 15.3 Å². The highest BCUT2D eigenvalue weighted by Crippen LogP contribution is 2.31. The molecule has 2 N–H and O–H groups in total. The van der Waals surface area contributed by atoms with E-state index in [1.165, 1.54) is 17.5 Å². The third kappa shape index (κ3) is 2.82. The van der Waals surface area contributed by atoms with Gasteiger partial charge in [0.15, 0.2) is 0 Å². The predicted molar refractivity (Wildman–Crippen MR) is 77.2 cm³/mol. The lowest BCUT2D eigenvalue weighted by Gasteiger charge is -2.17. The van der Waals surface area contributed by atoms with Gasteiger partial charge in [-0.1, -0.05) is 11.6 Å². The Balaban J connectivity index is 1.68. The second-order valence-corrected chi connectivity index (χ2v) is 5.86. The van der Waals surface area contributed by atoms with Crippen molar-refractivity contribution in [3.05, 3.63) is 21.6 Å². The fourth-order valence-electron chi connectivity index (χ4n) is 2.72. The summed E-state index contributed by atoms with van der Waals surface area (Å²) >= 11 is 6.09. The van der Waals surface area contributed by atoms with E-state index in [1.54, 1.807) is 6.20 Å². The fourth-order valence-corrected chi connectivity index (χ4v) is 2.92. The van der Waals surface area contributed by atoms with Crippen LogP contribution in [0.2, 0.25) is 5.02 Å². The Labute approximate surface area is 122 Å². The summed E-state index contributed by atoms with van der Waals surface area (Å²) < 4.78 is 1.18. The molecular formula is C13H19ClN4O2. The molecule has 0 amide bonds.